The zero-order valence-corrected chi connectivity index (χ0v) is 7.66. The predicted octanol–water partition coefficient (Wildman–Crippen LogP) is 2.43. The quantitative estimate of drug-likeness (QED) is 0.802. The topological polar surface area (TPSA) is 37.3 Å². The SMILES string of the molecule is O=C(O)c1ccc(CC2(F)CC2)cc1. The monoisotopic (exact) mass is 194 g/mol. The Morgan fingerprint density at radius 1 is 1.36 bits per heavy atom. The summed E-state index contributed by atoms with van der Waals surface area (Å²) < 4.78 is 13.3. The fraction of sp³-hybridized carbons (Fsp3) is 0.364. The summed E-state index contributed by atoms with van der Waals surface area (Å²) in [5.41, 5.74) is 0.109. The van der Waals surface area contributed by atoms with Gasteiger partial charge in [0.15, 0.2) is 0 Å². The van der Waals surface area contributed by atoms with Crippen molar-refractivity contribution in [2.75, 3.05) is 0 Å². The maximum Gasteiger partial charge on any atom is 0.335 e. The second kappa shape index (κ2) is 3.08. The fourth-order valence-electron chi connectivity index (χ4n) is 1.44. The first-order valence-corrected chi connectivity index (χ1v) is 4.60. The molecule has 1 aliphatic carbocycles. The standard InChI is InChI=1S/C11H11FO2/c12-11(5-6-11)7-8-1-3-9(4-2-8)10(13)14/h1-4H,5-7H2,(H,13,14). The van der Waals surface area contributed by atoms with E-state index in [9.17, 15) is 9.18 Å². The Morgan fingerprint density at radius 2 is 1.93 bits per heavy atom. The first-order chi connectivity index (χ1) is 6.59. The van der Waals surface area contributed by atoms with Gasteiger partial charge in [0, 0.05) is 6.42 Å². The van der Waals surface area contributed by atoms with Gasteiger partial charge in [0.1, 0.15) is 5.67 Å². The van der Waals surface area contributed by atoms with E-state index in [1.165, 1.54) is 12.1 Å². The molecule has 1 aromatic carbocycles. The minimum absolute atomic E-state index is 0.248. The lowest BCUT2D eigenvalue weighted by Gasteiger charge is -2.04. The first kappa shape index (κ1) is 9.19. The van der Waals surface area contributed by atoms with Crippen LogP contribution in [0.1, 0.15) is 28.8 Å². The van der Waals surface area contributed by atoms with Crippen molar-refractivity contribution in [1.82, 2.24) is 0 Å². The normalized spacial score (nSPS) is 17.8. The Morgan fingerprint density at radius 3 is 2.36 bits per heavy atom. The van der Waals surface area contributed by atoms with Gasteiger partial charge in [-0.15, -0.1) is 0 Å². The fourth-order valence-corrected chi connectivity index (χ4v) is 1.44. The average Bonchev–Trinajstić information content (AvgIpc) is 2.84. The summed E-state index contributed by atoms with van der Waals surface area (Å²) in [5, 5.41) is 8.65. The zero-order chi connectivity index (χ0) is 10.2. The lowest BCUT2D eigenvalue weighted by atomic mass is 10.1. The van der Waals surface area contributed by atoms with E-state index in [4.69, 9.17) is 5.11 Å². The molecule has 2 nitrogen and oxygen atoms in total. The molecule has 0 amide bonds. The van der Waals surface area contributed by atoms with Crippen LogP contribution in [0, 0.1) is 0 Å². The van der Waals surface area contributed by atoms with Crippen LogP contribution in [0.3, 0.4) is 0 Å². The number of alkyl halides is 1. The summed E-state index contributed by atoms with van der Waals surface area (Å²) in [6, 6.07) is 6.40. The van der Waals surface area contributed by atoms with E-state index in [0.29, 0.717) is 19.3 Å². The van der Waals surface area contributed by atoms with Crippen LogP contribution >= 0.6 is 0 Å². The molecule has 3 heteroatoms. The molecule has 0 radical (unpaired) electrons. The molecule has 0 aromatic heterocycles. The Kier molecular flexibility index (Phi) is 2.02. The van der Waals surface area contributed by atoms with E-state index in [1.54, 1.807) is 12.1 Å². The maximum atomic E-state index is 13.3. The Balaban J connectivity index is 2.10. The molecule has 0 spiro atoms. The molecular weight excluding hydrogens is 183 g/mol. The second-order valence-electron chi connectivity index (χ2n) is 3.83. The highest BCUT2D eigenvalue weighted by atomic mass is 19.1. The second-order valence-corrected chi connectivity index (χ2v) is 3.83. The van der Waals surface area contributed by atoms with Crippen molar-refractivity contribution >= 4 is 5.97 Å². The minimum atomic E-state index is -1.01. The molecule has 1 N–H and O–H groups in total. The van der Waals surface area contributed by atoms with E-state index in [2.05, 4.69) is 0 Å². The molecule has 1 aromatic rings. The molecule has 1 fully saturated rings. The summed E-state index contributed by atoms with van der Waals surface area (Å²) in [7, 11) is 0. The van der Waals surface area contributed by atoms with Gasteiger partial charge in [0.05, 0.1) is 5.56 Å². The van der Waals surface area contributed by atoms with Gasteiger partial charge < -0.3 is 5.11 Å². The van der Waals surface area contributed by atoms with Gasteiger partial charge in [-0.05, 0) is 30.5 Å². The van der Waals surface area contributed by atoms with Crippen molar-refractivity contribution in [3.63, 3.8) is 0 Å². The van der Waals surface area contributed by atoms with Crippen molar-refractivity contribution in [3.8, 4) is 0 Å². The third-order valence-electron chi connectivity index (χ3n) is 2.51. The zero-order valence-electron chi connectivity index (χ0n) is 7.66. The molecule has 2 rings (SSSR count). The lowest BCUT2D eigenvalue weighted by molar-refractivity contribution is 0.0697. The van der Waals surface area contributed by atoms with Crippen LogP contribution in [0.5, 0.6) is 0 Å². The molecule has 1 saturated carbocycles. The summed E-state index contributed by atoms with van der Waals surface area (Å²) in [4.78, 5) is 10.5. The van der Waals surface area contributed by atoms with Gasteiger partial charge in [-0.3, -0.25) is 0 Å². The number of hydrogen-bond acceptors (Lipinski definition) is 1. The molecule has 14 heavy (non-hydrogen) atoms. The molecular formula is C11H11FO2. The van der Waals surface area contributed by atoms with Crippen LogP contribution in [0.15, 0.2) is 24.3 Å². The third-order valence-corrected chi connectivity index (χ3v) is 2.51. The highest BCUT2D eigenvalue weighted by molar-refractivity contribution is 5.87. The van der Waals surface area contributed by atoms with Gasteiger partial charge in [-0.25, -0.2) is 9.18 Å². The van der Waals surface area contributed by atoms with Crippen molar-refractivity contribution in [2.45, 2.75) is 24.9 Å². The Bertz CT molecular complexity index is 352. The molecule has 0 aliphatic heterocycles. The smallest absolute Gasteiger partial charge is 0.335 e. The maximum absolute atomic E-state index is 13.3. The average molecular weight is 194 g/mol. The number of halogens is 1. The van der Waals surface area contributed by atoms with Gasteiger partial charge in [-0.1, -0.05) is 12.1 Å². The number of aromatic carboxylic acids is 1. The number of hydrogen-bond donors (Lipinski definition) is 1. The largest absolute Gasteiger partial charge is 0.478 e. The van der Waals surface area contributed by atoms with E-state index >= 15 is 0 Å². The van der Waals surface area contributed by atoms with Gasteiger partial charge in [0.2, 0.25) is 0 Å². The van der Waals surface area contributed by atoms with Crippen LogP contribution in [-0.2, 0) is 6.42 Å². The van der Waals surface area contributed by atoms with Crippen LogP contribution in [-0.4, -0.2) is 16.7 Å². The summed E-state index contributed by atoms with van der Waals surface area (Å²) in [6.07, 6.45) is 1.67. The van der Waals surface area contributed by atoms with E-state index in [1.807, 2.05) is 0 Å². The van der Waals surface area contributed by atoms with E-state index < -0.39 is 11.6 Å². The van der Waals surface area contributed by atoms with Crippen molar-refractivity contribution in [3.05, 3.63) is 35.4 Å². The molecule has 1 aliphatic rings. The Labute approximate surface area is 81.4 Å². The van der Waals surface area contributed by atoms with Crippen LogP contribution < -0.4 is 0 Å². The van der Waals surface area contributed by atoms with Crippen molar-refractivity contribution in [2.24, 2.45) is 0 Å². The predicted molar refractivity (Wildman–Crippen MR) is 50.2 cm³/mol. The van der Waals surface area contributed by atoms with Crippen LogP contribution in [0.25, 0.3) is 0 Å². The van der Waals surface area contributed by atoms with E-state index in [0.717, 1.165) is 5.56 Å². The van der Waals surface area contributed by atoms with Crippen LogP contribution in [0.4, 0.5) is 4.39 Å². The molecule has 0 atom stereocenters. The Hall–Kier alpha value is -1.38. The summed E-state index contributed by atoms with van der Waals surface area (Å²) in [5.74, 6) is -0.946. The molecule has 0 heterocycles. The molecule has 0 unspecified atom stereocenters. The lowest BCUT2D eigenvalue weighted by Crippen LogP contribution is -2.04. The van der Waals surface area contributed by atoms with Crippen LogP contribution in [0.2, 0.25) is 0 Å². The first-order valence-electron chi connectivity index (χ1n) is 4.60. The minimum Gasteiger partial charge on any atom is -0.478 e. The molecule has 0 bridgehead atoms. The van der Waals surface area contributed by atoms with E-state index in [-0.39, 0.29) is 5.56 Å². The number of carbonyl (C=O) groups is 1. The summed E-state index contributed by atoms with van der Waals surface area (Å²) >= 11 is 0. The highest BCUT2D eigenvalue weighted by Gasteiger charge is 2.42. The number of carboxylic acids is 1. The molecule has 0 saturated heterocycles. The number of rotatable bonds is 3. The van der Waals surface area contributed by atoms with Gasteiger partial charge in [0.25, 0.3) is 0 Å². The number of benzene rings is 1. The molecule has 74 valence electrons. The van der Waals surface area contributed by atoms with Gasteiger partial charge >= 0.3 is 5.97 Å². The van der Waals surface area contributed by atoms with Crippen molar-refractivity contribution < 1.29 is 14.3 Å². The van der Waals surface area contributed by atoms with Crippen molar-refractivity contribution in [1.29, 1.82) is 0 Å². The number of carboxylic acid groups (broad SMARTS) is 1. The van der Waals surface area contributed by atoms with Gasteiger partial charge in [-0.2, -0.15) is 0 Å². The highest BCUT2D eigenvalue weighted by Crippen LogP contribution is 2.42. The third kappa shape index (κ3) is 1.92. The summed E-state index contributed by atoms with van der Waals surface area (Å²) in [6.45, 7) is 0.